The third-order valence-corrected chi connectivity index (χ3v) is 1.47. The summed E-state index contributed by atoms with van der Waals surface area (Å²) in [5.41, 5.74) is 7.02. The summed E-state index contributed by atoms with van der Waals surface area (Å²) in [6.07, 6.45) is 1.25. The van der Waals surface area contributed by atoms with Gasteiger partial charge in [-0.15, -0.1) is 0 Å². The Bertz CT molecular complexity index is 111. The molecule has 0 aromatic carbocycles. The van der Waals surface area contributed by atoms with E-state index in [0.717, 1.165) is 0 Å². The molecule has 0 saturated carbocycles. The molecule has 0 bridgehead atoms. The van der Waals surface area contributed by atoms with Crippen LogP contribution in [0.4, 0.5) is 0 Å². The Morgan fingerprint density at radius 1 is 1.71 bits per heavy atom. The van der Waals surface area contributed by atoms with Crippen molar-refractivity contribution in [1.82, 2.24) is 0 Å². The monoisotopic (exact) mass is 98.1 g/mol. The Balaban J connectivity index is 2.45. The molecule has 0 amide bonds. The van der Waals surface area contributed by atoms with Crippen LogP contribution in [-0.4, -0.2) is 6.04 Å². The first-order chi connectivity index (χ1) is 3.22. The maximum absolute atomic E-state index is 3.89. The van der Waals surface area contributed by atoms with E-state index in [1.165, 1.54) is 6.42 Å². The molecule has 0 fully saturated rings. The van der Waals surface area contributed by atoms with Gasteiger partial charge in [0.2, 0.25) is 0 Å². The number of rotatable bonds is 1. The van der Waals surface area contributed by atoms with Crippen LogP contribution < -0.4 is 5.73 Å². The second-order valence-electron chi connectivity index (χ2n) is 2.38. The van der Waals surface area contributed by atoms with Crippen molar-refractivity contribution in [1.29, 1.82) is 0 Å². The van der Waals surface area contributed by atoms with E-state index in [4.69, 9.17) is 0 Å². The molecular weight excluding hydrogens is 86.1 g/mol. The average molecular weight is 98.2 g/mol. The average Bonchev–Trinajstić information content (AvgIpc) is 2.17. The maximum Gasteiger partial charge on any atom is 0.104 e. The van der Waals surface area contributed by atoms with Crippen molar-refractivity contribution < 1.29 is 5.73 Å². The lowest BCUT2D eigenvalue weighted by molar-refractivity contribution is -0.399. The van der Waals surface area contributed by atoms with E-state index >= 15 is 0 Å². The quantitative estimate of drug-likeness (QED) is 0.458. The molecular formula is C6H12N+. The minimum Gasteiger partial charge on any atom is -0.352 e. The van der Waals surface area contributed by atoms with Crippen LogP contribution >= 0.6 is 0 Å². The summed E-state index contributed by atoms with van der Waals surface area (Å²) in [5, 5.41) is 0. The standard InChI is InChI=1S/C6H11N/c1-4-3-6(4)5(2)7/h5H,3,7H2,1-2H3/p+1. The minimum atomic E-state index is 0.569. The van der Waals surface area contributed by atoms with E-state index in [-0.39, 0.29) is 0 Å². The SMILES string of the molecule is CC1=C(C(C)[NH3+])C1. The number of allylic oxidation sites excluding steroid dienone is 1. The van der Waals surface area contributed by atoms with Crippen molar-refractivity contribution in [2.45, 2.75) is 26.3 Å². The van der Waals surface area contributed by atoms with Crippen molar-refractivity contribution in [2.24, 2.45) is 0 Å². The second kappa shape index (κ2) is 1.34. The summed E-state index contributed by atoms with van der Waals surface area (Å²) in [6, 6.07) is 0.569. The van der Waals surface area contributed by atoms with Gasteiger partial charge in [0.25, 0.3) is 0 Å². The zero-order valence-corrected chi connectivity index (χ0v) is 4.99. The van der Waals surface area contributed by atoms with Crippen molar-refractivity contribution in [3.8, 4) is 0 Å². The topological polar surface area (TPSA) is 27.6 Å². The number of hydrogen-bond donors (Lipinski definition) is 1. The Kier molecular flexibility index (Phi) is 0.927. The predicted molar refractivity (Wildman–Crippen MR) is 29.7 cm³/mol. The lowest BCUT2D eigenvalue weighted by atomic mass is 10.3. The first kappa shape index (κ1) is 4.85. The Hall–Kier alpha value is -0.300. The molecule has 3 N–H and O–H groups in total. The van der Waals surface area contributed by atoms with E-state index in [1.807, 2.05) is 0 Å². The highest BCUT2D eigenvalue weighted by Crippen LogP contribution is 2.30. The first-order valence-electron chi connectivity index (χ1n) is 2.73. The van der Waals surface area contributed by atoms with Crippen LogP contribution in [0.5, 0.6) is 0 Å². The molecule has 0 aromatic rings. The maximum atomic E-state index is 3.89. The minimum absolute atomic E-state index is 0.569. The summed E-state index contributed by atoms with van der Waals surface area (Å²) in [6.45, 7) is 4.32. The van der Waals surface area contributed by atoms with Crippen molar-refractivity contribution in [3.63, 3.8) is 0 Å². The fourth-order valence-electron chi connectivity index (χ4n) is 0.836. The lowest BCUT2D eigenvalue weighted by Gasteiger charge is -1.87. The lowest BCUT2D eigenvalue weighted by Crippen LogP contribution is -2.58. The van der Waals surface area contributed by atoms with Gasteiger partial charge in [0.15, 0.2) is 0 Å². The van der Waals surface area contributed by atoms with Gasteiger partial charge in [-0.2, -0.15) is 0 Å². The third kappa shape index (κ3) is 0.829. The Morgan fingerprint density at radius 2 is 2.14 bits per heavy atom. The van der Waals surface area contributed by atoms with E-state index in [1.54, 1.807) is 11.1 Å². The van der Waals surface area contributed by atoms with Crippen molar-refractivity contribution >= 4 is 0 Å². The molecule has 1 rings (SSSR count). The highest BCUT2D eigenvalue weighted by atomic mass is 14.6. The zero-order chi connectivity index (χ0) is 5.44. The van der Waals surface area contributed by atoms with E-state index in [0.29, 0.717) is 6.04 Å². The molecule has 1 nitrogen and oxygen atoms in total. The van der Waals surface area contributed by atoms with Crippen LogP contribution in [0.2, 0.25) is 0 Å². The van der Waals surface area contributed by atoms with Crippen molar-refractivity contribution in [3.05, 3.63) is 11.1 Å². The van der Waals surface area contributed by atoms with Crippen LogP contribution in [0, 0.1) is 0 Å². The molecule has 1 aliphatic carbocycles. The van der Waals surface area contributed by atoms with Crippen LogP contribution in [0.25, 0.3) is 0 Å². The summed E-state index contributed by atoms with van der Waals surface area (Å²) < 4.78 is 0. The molecule has 1 atom stereocenters. The van der Waals surface area contributed by atoms with Gasteiger partial charge in [-0.3, -0.25) is 0 Å². The Morgan fingerprint density at radius 3 is 2.14 bits per heavy atom. The zero-order valence-electron chi connectivity index (χ0n) is 4.99. The van der Waals surface area contributed by atoms with Gasteiger partial charge in [-0.1, -0.05) is 5.57 Å². The van der Waals surface area contributed by atoms with Crippen LogP contribution in [-0.2, 0) is 0 Å². The second-order valence-corrected chi connectivity index (χ2v) is 2.38. The molecule has 1 unspecified atom stereocenters. The molecule has 0 aromatic heterocycles. The molecule has 0 radical (unpaired) electrons. The summed E-state index contributed by atoms with van der Waals surface area (Å²) in [4.78, 5) is 0. The first-order valence-corrected chi connectivity index (χ1v) is 2.73. The molecule has 7 heavy (non-hydrogen) atoms. The van der Waals surface area contributed by atoms with Crippen LogP contribution in [0.15, 0.2) is 11.1 Å². The van der Waals surface area contributed by atoms with Crippen molar-refractivity contribution in [2.75, 3.05) is 0 Å². The molecule has 40 valence electrons. The summed E-state index contributed by atoms with van der Waals surface area (Å²) in [5.74, 6) is 0. The van der Waals surface area contributed by atoms with Gasteiger partial charge in [0.05, 0.1) is 0 Å². The predicted octanol–water partition coefficient (Wildman–Crippen LogP) is 0.337. The van der Waals surface area contributed by atoms with Gasteiger partial charge in [-0.25, -0.2) is 0 Å². The highest BCUT2D eigenvalue weighted by Gasteiger charge is 2.21. The molecule has 0 saturated heterocycles. The smallest absolute Gasteiger partial charge is 0.104 e. The Labute approximate surface area is 44.2 Å². The van der Waals surface area contributed by atoms with Crippen LogP contribution in [0.1, 0.15) is 20.3 Å². The van der Waals surface area contributed by atoms with Gasteiger partial charge in [0.1, 0.15) is 6.04 Å². The molecule has 0 aliphatic heterocycles. The van der Waals surface area contributed by atoms with Crippen LogP contribution in [0.3, 0.4) is 0 Å². The van der Waals surface area contributed by atoms with Gasteiger partial charge in [0, 0.05) is 0 Å². The van der Waals surface area contributed by atoms with E-state index in [9.17, 15) is 0 Å². The fourth-order valence-corrected chi connectivity index (χ4v) is 0.836. The molecule has 1 aliphatic rings. The molecule has 0 spiro atoms. The normalized spacial score (nSPS) is 22.7. The van der Waals surface area contributed by atoms with E-state index < -0.39 is 0 Å². The summed E-state index contributed by atoms with van der Waals surface area (Å²) >= 11 is 0. The molecule has 0 heterocycles. The number of quaternary nitrogens is 1. The summed E-state index contributed by atoms with van der Waals surface area (Å²) in [7, 11) is 0. The van der Waals surface area contributed by atoms with E-state index in [2.05, 4.69) is 19.6 Å². The highest BCUT2D eigenvalue weighted by molar-refractivity contribution is 5.35. The fraction of sp³-hybridized carbons (Fsp3) is 0.667. The largest absolute Gasteiger partial charge is 0.352 e. The molecule has 1 heteroatoms. The number of hydrogen-bond acceptors (Lipinski definition) is 0. The van der Waals surface area contributed by atoms with Gasteiger partial charge >= 0.3 is 0 Å². The third-order valence-electron chi connectivity index (χ3n) is 1.47. The van der Waals surface area contributed by atoms with Gasteiger partial charge in [-0.05, 0) is 25.8 Å². The van der Waals surface area contributed by atoms with Gasteiger partial charge < -0.3 is 5.73 Å².